The first-order chi connectivity index (χ1) is 8.05. The van der Waals surface area contributed by atoms with Gasteiger partial charge in [0.05, 0.1) is 6.61 Å². The van der Waals surface area contributed by atoms with Crippen LogP contribution in [0.1, 0.15) is 40.5 Å². The van der Waals surface area contributed by atoms with Gasteiger partial charge in [0, 0.05) is 19.1 Å². The highest BCUT2D eigenvalue weighted by Crippen LogP contribution is 2.24. The van der Waals surface area contributed by atoms with Crippen LogP contribution in [-0.4, -0.2) is 48.7 Å². The molecule has 1 unspecified atom stereocenters. The lowest BCUT2D eigenvalue weighted by Gasteiger charge is -2.29. The van der Waals surface area contributed by atoms with Gasteiger partial charge in [-0.2, -0.15) is 0 Å². The molecule has 100 valence electrons. The summed E-state index contributed by atoms with van der Waals surface area (Å²) in [5.74, 6) is -0.0865. The summed E-state index contributed by atoms with van der Waals surface area (Å²) in [4.78, 5) is 14.5. The maximum atomic E-state index is 12.1. The van der Waals surface area contributed by atoms with Crippen LogP contribution in [0, 0.1) is 0 Å². The van der Waals surface area contributed by atoms with E-state index in [0.29, 0.717) is 12.6 Å². The molecule has 0 aromatic heterocycles. The van der Waals surface area contributed by atoms with Gasteiger partial charge < -0.3 is 10.1 Å². The number of likely N-dealkylation sites (tertiary alicyclic amines) is 1. The lowest BCUT2D eigenvalue weighted by atomic mass is 9.98. The van der Waals surface area contributed by atoms with Crippen molar-refractivity contribution < 1.29 is 9.53 Å². The minimum absolute atomic E-state index is 0.0865. The third-order valence-corrected chi connectivity index (χ3v) is 3.41. The van der Waals surface area contributed by atoms with Crippen molar-refractivity contribution in [2.45, 2.75) is 52.1 Å². The first-order valence-electron chi connectivity index (χ1n) is 6.72. The second-order valence-corrected chi connectivity index (χ2v) is 5.04. The molecule has 4 heteroatoms. The van der Waals surface area contributed by atoms with E-state index in [1.807, 2.05) is 6.92 Å². The van der Waals surface area contributed by atoms with Gasteiger partial charge in [0.1, 0.15) is 5.54 Å². The fourth-order valence-electron chi connectivity index (χ4n) is 2.30. The van der Waals surface area contributed by atoms with Crippen molar-refractivity contribution in [3.63, 3.8) is 0 Å². The summed E-state index contributed by atoms with van der Waals surface area (Å²) in [7, 11) is 0. The molecule has 0 bridgehead atoms. The van der Waals surface area contributed by atoms with Gasteiger partial charge in [-0.15, -0.1) is 0 Å². The van der Waals surface area contributed by atoms with E-state index >= 15 is 0 Å². The molecular formula is C13H26N2O2. The van der Waals surface area contributed by atoms with E-state index in [0.717, 1.165) is 32.5 Å². The fraction of sp³-hybridized carbons (Fsp3) is 0.923. The molecule has 1 atom stereocenters. The van der Waals surface area contributed by atoms with Crippen LogP contribution in [0.2, 0.25) is 0 Å². The zero-order chi connectivity index (χ0) is 12.9. The molecule has 0 aliphatic carbocycles. The molecule has 1 N–H and O–H groups in total. The van der Waals surface area contributed by atoms with Crippen LogP contribution in [0.25, 0.3) is 0 Å². The first-order valence-corrected chi connectivity index (χ1v) is 6.72. The molecule has 1 heterocycles. The molecule has 1 saturated heterocycles. The number of nitrogens with one attached hydrogen (secondary N) is 1. The van der Waals surface area contributed by atoms with Crippen LogP contribution in [0.5, 0.6) is 0 Å². The Morgan fingerprint density at radius 2 is 2.18 bits per heavy atom. The van der Waals surface area contributed by atoms with Gasteiger partial charge in [0.25, 0.3) is 0 Å². The summed E-state index contributed by atoms with van der Waals surface area (Å²) < 4.78 is 5.23. The minimum atomic E-state index is -0.476. The summed E-state index contributed by atoms with van der Waals surface area (Å²) in [6.07, 6.45) is 1.88. The number of esters is 1. The molecule has 0 aromatic carbocycles. The van der Waals surface area contributed by atoms with Gasteiger partial charge in [-0.3, -0.25) is 4.90 Å². The highest BCUT2D eigenvalue weighted by atomic mass is 16.5. The average Bonchev–Trinajstić information content (AvgIpc) is 2.72. The monoisotopic (exact) mass is 242 g/mol. The molecule has 1 rings (SSSR count). The summed E-state index contributed by atoms with van der Waals surface area (Å²) >= 11 is 0. The van der Waals surface area contributed by atoms with Crippen LogP contribution in [0.4, 0.5) is 0 Å². The molecule has 0 saturated carbocycles. The van der Waals surface area contributed by atoms with Crippen molar-refractivity contribution in [2.24, 2.45) is 0 Å². The lowest BCUT2D eigenvalue weighted by molar-refractivity contribution is -0.150. The number of rotatable bonds is 6. The molecular weight excluding hydrogens is 216 g/mol. The van der Waals surface area contributed by atoms with Crippen molar-refractivity contribution in [1.29, 1.82) is 0 Å². The SMILES string of the molecule is CCCNC1(C(=O)OCC)CCN(C(C)C)C1. The molecule has 17 heavy (non-hydrogen) atoms. The Balaban J connectivity index is 2.71. The smallest absolute Gasteiger partial charge is 0.327 e. The third-order valence-electron chi connectivity index (χ3n) is 3.41. The quantitative estimate of drug-likeness (QED) is 0.715. The lowest BCUT2D eigenvalue weighted by Crippen LogP contribution is -2.55. The van der Waals surface area contributed by atoms with Gasteiger partial charge in [-0.1, -0.05) is 6.92 Å². The van der Waals surface area contributed by atoms with Crippen molar-refractivity contribution >= 4 is 5.97 Å². The maximum Gasteiger partial charge on any atom is 0.327 e. The number of nitrogens with zero attached hydrogens (tertiary/aromatic N) is 1. The molecule has 1 aliphatic heterocycles. The Kier molecular flexibility index (Phi) is 5.40. The Morgan fingerprint density at radius 1 is 1.47 bits per heavy atom. The zero-order valence-electron chi connectivity index (χ0n) is 11.6. The second-order valence-electron chi connectivity index (χ2n) is 5.04. The Morgan fingerprint density at radius 3 is 2.65 bits per heavy atom. The predicted molar refractivity (Wildman–Crippen MR) is 69.0 cm³/mol. The van der Waals surface area contributed by atoms with Crippen LogP contribution < -0.4 is 5.32 Å². The van der Waals surface area contributed by atoms with E-state index in [1.165, 1.54) is 0 Å². The number of hydrogen-bond acceptors (Lipinski definition) is 4. The number of carbonyl (C=O) groups is 1. The minimum Gasteiger partial charge on any atom is -0.465 e. The highest BCUT2D eigenvalue weighted by molar-refractivity contribution is 5.81. The predicted octanol–water partition coefficient (Wildman–Crippen LogP) is 1.40. The first kappa shape index (κ1) is 14.5. The summed E-state index contributed by atoms with van der Waals surface area (Å²) in [6.45, 7) is 11.4. The Hall–Kier alpha value is -0.610. The Labute approximate surface area is 105 Å². The van der Waals surface area contributed by atoms with Gasteiger partial charge in [-0.25, -0.2) is 4.79 Å². The zero-order valence-corrected chi connectivity index (χ0v) is 11.6. The second kappa shape index (κ2) is 6.36. The van der Waals surface area contributed by atoms with Crippen molar-refractivity contribution in [1.82, 2.24) is 10.2 Å². The summed E-state index contributed by atoms with van der Waals surface area (Å²) in [6, 6.07) is 0.481. The fourth-order valence-corrected chi connectivity index (χ4v) is 2.30. The van der Waals surface area contributed by atoms with E-state index in [-0.39, 0.29) is 5.97 Å². The van der Waals surface area contributed by atoms with E-state index in [2.05, 4.69) is 31.0 Å². The topological polar surface area (TPSA) is 41.6 Å². The highest BCUT2D eigenvalue weighted by Gasteiger charge is 2.45. The van der Waals surface area contributed by atoms with Crippen LogP contribution in [-0.2, 0) is 9.53 Å². The summed E-state index contributed by atoms with van der Waals surface area (Å²) in [5.41, 5.74) is -0.476. The van der Waals surface area contributed by atoms with Crippen molar-refractivity contribution in [3.05, 3.63) is 0 Å². The number of ether oxygens (including phenoxy) is 1. The summed E-state index contributed by atoms with van der Waals surface area (Å²) in [5, 5.41) is 3.40. The van der Waals surface area contributed by atoms with Crippen LogP contribution in [0.15, 0.2) is 0 Å². The average molecular weight is 242 g/mol. The normalized spacial score (nSPS) is 25.5. The van der Waals surface area contributed by atoms with Crippen molar-refractivity contribution in [2.75, 3.05) is 26.2 Å². The van der Waals surface area contributed by atoms with Gasteiger partial charge in [-0.05, 0) is 40.2 Å². The van der Waals surface area contributed by atoms with E-state index in [4.69, 9.17) is 4.74 Å². The Bertz CT molecular complexity index is 256. The third kappa shape index (κ3) is 3.42. The molecule has 0 spiro atoms. The number of hydrogen-bond donors (Lipinski definition) is 1. The maximum absolute atomic E-state index is 12.1. The molecule has 0 radical (unpaired) electrons. The van der Waals surface area contributed by atoms with Crippen molar-refractivity contribution in [3.8, 4) is 0 Å². The molecule has 1 aliphatic rings. The number of carbonyl (C=O) groups excluding carboxylic acids is 1. The van der Waals surface area contributed by atoms with Crippen LogP contribution in [0.3, 0.4) is 0 Å². The molecule has 4 nitrogen and oxygen atoms in total. The van der Waals surface area contributed by atoms with E-state index in [1.54, 1.807) is 0 Å². The molecule has 1 fully saturated rings. The molecule has 0 amide bonds. The van der Waals surface area contributed by atoms with Gasteiger partial charge in [0.15, 0.2) is 0 Å². The van der Waals surface area contributed by atoms with E-state index < -0.39 is 5.54 Å². The van der Waals surface area contributed by atoms with E-state index in [9.17, 15) is 4.79 Å². The van der Waals surface area contributed by atoms with Gasteiger partial charge >= 0.3 is 5.97 Å². The standard InChI is InChI=1S/C13H26N2O2/c1-5-8-14-13(12(16)17-6-2)7-9-15(10-13)11(3)4/h11,14H,5-10H2,1-4H3. The van der Waals surface area contributed by atoms with Crippen LogP contribution >= 0.6 is 0 Å². The van der Waals surface area contributed by atoms with Gasteiger partial charge in [0.2, 0.25) is 0 Å². The largest absolute Gasteiger partial charge is 0.465 e. The molecule has 0 aromatic rings.